The van der Waals surface area contributed by atoms with Crippen molar-refractivity contribution in [2.24, 2.45) is 17.8 Å². The summed E-state index contributed by atoms with van der Waals surface area (Å²) in [7, 11) is 0. The molecule has 3 amide bonds. The van der Waals surface area contributed by atoms with Crippen molar-refractivity contribution >= 4 is 17.7 Å². The van der Waals surface area contributed by atoms with Crippen molar-refractivity contribution in [3.05, 3.63) is 61.2 Å². The fraction of sp³-hybridized carbons (Fsp3) is 0.629. The second-order valence-electron chi connectivity index (χ2n) is 12.8. The van der Waals surface area contributed by atoms with E-state index in [2.05, 4.69) is 27.0 Å². The molecule has 3 fully saturated rings. The molecule has 1 aromatic rings. The van der Waals surface area contributed by atoms with E-state index in [1.54, 1.807) is 22.0 Å². The maximum absolute atomic E-state index is 14.5. The van der Waals surface area contributed by atoms with E-state index < -0.39 is 29.1 Å². The molecule has 8 heteroatoms. The van der Waals surface area contributed by atoms with E-state index in [-0.39, 0.29) is 30.2 Å². The second-order valence-corrected chi connectivity index (χ2v) is 12.8. The summed E-state index contributed by atoms with van der Waals surface area (Å²) in [4.78, 5) is 48.9. The number of aliphatic hydroxyl groups excluding tert-OH is 1. The van der Waals surface area contributed by atoms with Gasteiger partial charge in [-0.1, -0.05) is 69.2 Å². The van der Waals surface area contributed by atoms with Crippen molar-refractivity contribution in [2.45, 2.75) is 89.5 Å². The molecule has 4 rings (SSSR count). The lowest BCUT2D eigenvalue weighted by Gasteiger charge is -2.39. The predicted octanol–water partition coefficient (Wildman–Crippen LogP) is 4.58. The number of amides is 3. The number of nitrogens with zero attached hydrogens (tertiary/aromatic N) is 3. The molecule has 0 aliphatic carbocycles. The molecule has 1 spiro atoms. The van der Waals surface area contributed by atoms with E-state index in [0.717, 1.165) is 31.2 Å². The van der Waals surface area contributed by atoms with Crippen LogP contribution in [0.5, 0.6) is 0 Å². The van der Waals surface area contributed by atoms with Crippen molar-refractivity contribution in [2.75, 3.05) is 32.8 Å². The second kappa shape index (κ2) is 14.2. The number of carbonyl (C=O) groups is 3. The molecule has 1 N–H and O–H groups in total. The lowest BCUT2D eigenvalue weighted by atomic mass is 9.62. The van der Waals surface area contributed by atoms with E-state index in [9.17, 15) is 19.5 Å². The van der Waals surface area contributed by atoms with Crippen molar-refractivity contribution < 1.29 is 24.2 Å². The van der Waals surface area contributed by atoms with Crippen LogP contribution in [0.15, 0.2) is 55.6 Å². The minimum atomic E-state index is -1.07. The molecular formula is C35H51N3O5. The number of unbranched alkanes of at least 4 members (excludes halogenated alkanes) is 4. The maximum Gasteiger partial charge on any atom is 0.248 e. The van der Waals surface area contributed by atoms with Crippen LogP contribution in [0.3, 0.4) is 0 Å². The van der Waals surface area contributed by atoms with Gasteiger partial charge in [0.25, 0.3) is 0 Å². The lowest BCUT2D eigenvalue weighted by molar-refractivity contribution is -0.155. The Balaban J connectivity index is 1.73. The highest BCUT2D eigenvalue weighted by Gasteiger charge is 2.80. The van der Waals surface area contributed by atoms with Crippen LogP contribution in [0, 0.1) is 17.8 Å². The van der Waals surface area contributed by atoms with Crippen LogP contribution >= 0.6 is 0 Å². The third-order valence-electron chi connectivity index (χ3n) is 9.94. The third kappa shape index (κ3) is 6.18. The van der Waals surface area contributed by atoms with Crippen LogP contribution in [-0.2, 0) is 25.7 Å². The van der Waals surface area contributed by atoms with Gasteiger partial charge >= 0.3 is 0 Å². The van der Waals surface area contributed by atoms with Crippen LogP contribution in [0.25, 0.3) is 0 Å². The molecule has 8 nitrogen and oxygen atoms in total. The monoisotopic (exact) mass is 593 g/mol. The molecule has 6 atom stereocenters. The molecule has 0 radical (unpaired) electrons. The average molecular weight is 594 g/mol. The number of aliphatic hydroxyl groups is 1. The molecule has 3 heterocycles. The zero-order chi connectivity index (χ0) is 31.2. The minimum absolute atomic E-state index is 0.0228. The van der Waals surface area contributed by atoms with Gasteiger partial charge in [0.1, 0.15) is 11.6 Å². The number of hydrogen-bond acceptors (Lipinski definition) is 5. The summed E-state index contributed by atoms with van der Waals surface area (Å²) in [6.07, 6.45) is 8.96. The molecule has 43 heavy (non-hydrogen) atoms. The van der Waals surface area contributed by atoms with Crippen LogP contribution in [0.4, 0.5) is 0 Å². The molecule has 2 bridgehead atoms. The maximum atomic E-state index is 14.5. The van der Waals surface area contributed by atoms with Crippen LogP contribution in [0.2, 0.25) is 0 Å². The molecule has 0 saturated carbocycles. The number of benzene rings is 1. The Morgan fingerprint density at radius 2 is 1.74 bits per heavy atom. The van der Waals surface area contributed by atoms with Crippen molar-refractivity contribution in [3.8, 4) is 0 Å². The van der Waals surface area contributed by atoms with Gasteiger partial charge in [-0.25, -0.2) is 0 Å². The lowest BCUT2D eigenvalue weighted by Crippen LogP contribution is -2.57. The molecule has 3 saturated heterocycles. The number of rotatable bonds is 17. The van der Waals surface area contributed by atoms with E-state index in [4.69, 9.17) is 4.74 Å². The zero-order valence-corrected chi connectivity index (χ0v) is 26.4. The van der Waals surface area contributed by atoms with Crippen molar-refractivity contribution in [1.29, 1.82) is 0 Å². The van der Waals surface area contributed by atoms with E-state index in [1.807, 2.05) is 42.2 Å². The number of carbonyl (C=O) groups excluding carboxylic acids is 3. The Morgan fingerprint density at radius 3 is 2.40 bits per heavy atom. The fourth-order valence-electron chi connectivity index (χ4n) is 7.77. The molecule has 1 aromatic carbocycles. The normalized spacial score (nSPS) is 29.0. The molecule has 3 aliphatic heterocycles. The number of ether oxygens (including phenoxy) is 1. The fourth-order valence-corrected chi connectivity index (χ4v) is 7.77. The molecule has 3 unspecified atom stereocenters. The molecular weight excluding hydrogens is 542 g/mol. The smallest absolute Gasteiger partial charge is 0.248 e. The first-order valence-corrected chi connectivity index (χ1v) is 16.1. The predicted molar refractivity (Wildman–Crippen MR) is 168 cm³/mol. The molecule has 0 aromatic heterocycles. The highest BCUT2D eigenvalue weighted by Crippen LogP contribution is 2.65. The van der Waals surface area contributed by atoms with Crippen LogP contribution < -0.4 is 0 Å². The number of hydrogen-bond donors (Lipinski definition) is 1. The van der Waals surface area contributed by atoms with E-state index in [1.165, 1.54) is 0 Å². The van der Waals surface area contributed by atoms with E-state index in [0.29, 0.717) is 52.0 Å². The van der Waals surface area contributed by atoms with Crippen LogP contribution in [-0.4, -0.2) is 87.6 Å². The SMILES string of the molecule is C=CCN(CCCCC)C(=O)C1N(CCCCCO)C(=O)[C@@H]2[C@H](C(=O)N(CC=C)Cc3ccccc3)[C@@]3(C)OC12CC3C. The minimum Gasteiger partial charge on any atom is -0.396 e. The number of fused-ring (bicyclic) bond motifs is 1. The van der Waals surface area contributed by atoms with Gasteiger partial charge in [-0.2, -0.15) is 0 Å². The summed E-state index contributed by atoms with van der Waals surface area (Å²) in [5, 5.41) is 9.34. The van der Waals surface area contributed by atoms with Crippen molar-refractivity contribution in [1.82, 2.24) is 14.7 Å². The first kappa shape index (κ1) is 32.9. The first-order valence-electron chi connectivity index (χ1n) is 16.1. The molecule has 3 aliphatic rings. The highest BCUT2D eigenvalue weighted by molar-refractivity contribution is 5.99. The van der Waals surface area contributed by atoms with Gasteiger partial charge in [-0.15, -0.1) is 13.2 Å². The average Bonchev–Trinajstić information content (AvgIpc) is 3.51. The van der Waals surface area contributed by atoms with Gasteiger partial charge in [0.05, 0.1) is 17.4 Å². The number of likely N-dealkylation sites (tertiary alicyclic amines) is 1. The zero-order valence-electron chi connectivity index (χ0n) is 26.4. The Bertz CT molecular complexity index is 1160. The Kier molecular flexibility index (Phi) is 10.9. The van der Waals surface area contributed by atoms with Crippen molar-refractivity contribution in [3.63, 3.8) is 0 Å². The summed E-state index contributed by atoms with van der Waals surface area (Å²) in [5.41, 5.74) is -0.949. The largest absolute Gasteiger partial charge is 0.396 e. The van der Waals surface area contributed by atoms with Gasteiger partial charge in [0.2, 0.25) is 17.7 Å². The Hall–Kier alpha value is -2.97. The van der Waals surface area contributed by atoms with Crippen LogP contribution in [0.1, 0.15) is 71.3 Å². The summed E-state index contributed by atoms with van der Waals surface area (Å²) in [6, 6.07) is 9.02. The van der Waals surface area contributed by atoms with Gasteiger partial charge < -0.3 is 24.5 Å². The molecule has 236 valence electrons. The van der Waals surface area contributed by atoms with E-state index >= 15 is 0 Å². The Labute approximate surface area is 257 Å². The van der Waals surface area contributed by atoms with Gasteiger partial charge in [0.15, 0.2) is 0 Å². The topological polar surface area (TPSA) is 90.4 Å². The Morgan fingerprint density at radius 1 is 1.05 bits per heavy atom. The summed E-state index contributed by atoms with van der Waals surface area (Å²) < 4.78 is 6.96. The van der Waals surface area contributed by atoms with Gasteiger partial charge in [0, 0.05) is 39.3 Å². The standard InChI is InChI=1S/C35H51N3O5/c1-6-9-14-21-36(19-7-2)33(42)30-35-24-26(4)34(5,43-35)28(29(35)32(41)38(30)22-15-11-16-23-39)31(40)37(20-8-3)25-27-17-12-10-13-18-27/h7-8,10,12-13,17-18,26,28-30,39H,2-3,6,9,11,14-16,19-25H2,1,4-5H3/t26?,28-,29+,30?,34+,35?/m1/s1. The summed E-state index contributed by atoms with van der Waals surface area (Å²) >= 11 is 0. The highest BCUT2D eigenvalue weighted by atomic mass is 16.5. The summed E-state index contributed by atoms with van der Waals surface area (Å²) in [6.45, 7) is 16.2. The third-order valence-corrected chi connectivity index (χ3v) is 9.94. The quantitative estimate of drug-likeness (QED) is 0.211. The van der Waals surface area contributed by atoms with Gasteiger partial charge in [-0.05, 0) is 50.5 Å². The summed E-state index contributed by atoms with van der Waals surface area (Å²) in [5.74, 6) is -1.88. The first-order chi connectivity index (χ1) is 20.7. The van der Waals surface area contributed by atoms with Gasteiger partial charge in [-0.3, -0.25) is 14.4 Å².